The van der Waals surface area contributed by atoms with Crippen LogP contribution in [0.15, 0.2) is 36.4 Å². The average molecular weight is 268 g/mol. The zero-order valence-corrected chi connectivity index (χ0v) is 10.5. The van der Waals surface area contributed by atoms with Crippen LogP contribution in [0.4, 0.5) is 8.78 Å². The van der Waals surface area contributed by atoms with Crippen molar-refractivity contribution in [2.24, 2.45) is 5.73 Å². The Morgan fingerprint density at radius 3 is 2.33 bits per heavy atom. The van der Waals surface area contributed by atoms with Gasteiger partial charge in [-0.15, -0.1) is 0 Å². The Kier molecular flexibility index (Phi) is 3.64. The van der Waals surface area contributed by atoms with E-state index in [2.05, 4.69) is 0 Å². The van der Waals surface area contributed by atoms with E-state index in [1.165, 1.54) is 0 Å². The van der Waals surface area contributed by atoms with Gasteiger partial charge in [0.1, 0.15) is 0 Å². The van der Waals surface area contributed by atoms with Gasteiger partial charge in [-0.2, -0.15) is 0 Å². The molecular weight excluding hydrogens is 256 g/mol. The molecule has 2 N–H and O–H groups in total. The molecule has 0 fully saturated rings. The molecule has 2 aromatic rings. The number of hydrogen-bond donors (Lipinski definition) is 1. The second-order valence-electron chi connectivity index (χ2n) is 4.12. The summed E-state index contributed by atoms with van der Waals surface area (Å²) in [6.07, 6.45) is 0. The van der Waals surface area contributed by atoms with E-state index in [-0.39, 0.29) is 11.1 Å². The molecule has 1 atom stereocenters. The van der Waals surface area contributed by atoms with Crippen LogP contribution in [0.2, 0.25) is 5.02 Å². The van der Waals surface area contributed by atoms with Crippen LogP contribution in [0.5, 0.6) is 0 Å². The predicted molar refractivity (Wildman–Crippen MR) is 69.4 cm³/mol. The molecule has 0 heterocycles. The minimum absolute atomic E-state index is 0.169. The van der Waals surface area contributed by atoms with Gasteiger partial charge in [-0.1, -0.05) is 35.9 Å². The third kappa shape index (κ3) is 2.37. The van der Waals surface area contributed by atoms with Crippen molar-refractivity contribution >= 4 is 11.6 Å². The summed E-state index contributed by atoms with van der Waals surface area (Å²) >= 11 is 5.97. The normalized spacial score (nSPS) is 12.5. The van der Waals surface area contributed by atoms with Crippen LogP contribution in [0.1, 0.15) is 18.5 Å². The molecule has 0 amide bonds. The van der Waals surface area contributed by atoms with E-state index in [0.29, 0.717) is 5.56 Å². The number of nitrogens with two attached hydrogens (primary N) is 1. The van der Waals surface area contributed by atoms with E-state index in [9.17, 15) is 8.78 Å². The lowest BCUT2D eigenvalue weighted by Gasteiger charge is -2.14. The molecule has 0 saturated heterocycles. The Balaban J connectivity index is 2.66. The quantitative estimate of drug-likeness (QED) is 0.807. The summed E-state index contributed by atoms with van der Waals surface area (Å²) in [5, 5.41) is 0.169. The third-order valence-electron chi connectivity index (χ3n) is 2.75. The smallest absolute Gasteiger partial charge is 0.160 e. The van der Waals surface area contributed by atoms with Crippen LogP contribution in [0, 0.1) is 11.6 Å². The molecule has 1 nitrogen and oxygen atoms in total. The molecule has 4 heteroatoms. The lowest BCUT2D eigenvalue weighted by Crippen LogP contribution is -2.06. The topological polar surface area (TPSA) is 26.0 Å². The molecule has 0 aliphatic heterocycles. The Morgan fingerprint density at radius 1 is 1.06 bits per heavy atom. The monoisotopic (exact) mass is 267 g/mol. The van der Waals surface area contributed by atoms with Crippen molar-refractivity contribution in [1.29, 1.82) is 0 Å². The first-order valence-corrected chi connectivity index (χ1v) is 5.88. The standard InChI is InChI=1S/C14H12ClF2N/c1-8(18)9-4-2-3-5-10(9)11-6-13(16)14(17)7-12(11)15/h2-8H,18H2,1H3. The van der Waals surface area contributed by atoms with Crippen LogP contribution >= 0.6 is 11.6 Å². The molecule has 2 aromatic carbocycles. The molecule has 94 valence electrons. The average Bonchev–Trinajstić information content (AvgIpc) is 2.34. The molecule has 0 spiro atoms. The van der Waals surface area contributed by atoms with E-state index in [4.69, 9.17) is 17.3 Å². The van der Waals surface area contributed by atoms with Crippen LogP contribution in [-0.2, 0) is 0 Å². The van der Waals surface area contributed by atoms with Crippen molar-refractivity contribution in [2.75, 3.05) is 0 Å². The van der Waals surface area contributed by atoms with Gasteiger partial charge in [-0.25, -0.2) is 8.78 Å². The molecular formula is C14H12ClF2N. The van der Waals surface area contributed by atoms with Crippen LogP contribution < -0.4 is 5.73 Å². The minimum Gasteiger partial charge on any atom is -0.324 e. The molecule has 0 aliphatic rings. The summed E-state index contributed by atoms with van der Waals surface area (Å²) in [7, 11) is 0. The van der Waals surface area contributed by atoms with Crippen LogP contribution in [0.25, 0.3) is 11.1 Å². The Hall–Kier alpha value is -1.45. The van der Waals surface area contributed by atoms with Crippen molar-refractivity contribution in [3.8, 4) is 11.1 Å². The summed E-state index contributed by atoms with van der Waals surface area (Å²) in [5.74, 6) is -1.88. The Morgan fingerprint density at radius 2 is 1.67 bits per heavy atom. The predicted octanol–water partition coefficient (Wildman–Crippen LogP) is 4.30. The SMILES string of the molecule is CC(N)c1ccccc1-c1cc(F)c(F)cc1Cl. The highest BCUT2D eigenvalue weighted by Gasteiger charge is 2.14. The molecule has 0 bridgehead atoms. The van der Waals surface area contributed by atoms with Crippen molar-refractivity contribution in [2.45, 2.75) is 13.0 Å². The highest BCUT2D eigenvalue weighted by atomic mass is 35.5. The van der Waals surface area contributed by atoms with E-state index in [1.807, 2.05) is 19.1 Å². The second kappa shape index (κ2) is 5.04. The van der Waals surface area contributed by atoms with Crippen molar-refractivity contribution in [3.63, 3.8) is 0 Å². The van der Waals surface area contributed by atoms with Crippen molar-refractivity contribution in [1.82, 2.24) is 0 Å². The molecule has 1 unspecified atom stereocenters. The summed E-state index contributed by atoms with van der Waals surface area (Å²) in [4.78, 5) is 0. The van der Waals surface area contributed by atoms with Gasteiger partial charge in [-0.3, -0.25) is 0 Å². The first-order chi connectivity index (χ1) is 8.50. The van der Waals surface area contributed by atoms with Gasteiger partial charge in [0, 0.05) is 11.6 Å². The van der Waals surface area contributed by atoms with E-state index in [1.54, 1.807) is 12.1 Å². The Labute approximate surface area is 109 Å². The van der Waals surface area contributed by atoms with Gasteiger partial charge in [0.15, 0.2) is 11.6 Å². The maximum absolute atomic E-state index is 13.3. The van der Waals surface area contributed by atoms with E-state index in [0.717, 1.165) is 23.3 Å². The lowest BCUT2D eigenvalue weighted by atomic mass is 9.96. The van der Waals surface area contributed by atoms with Crippen LogP contribution in [-0.4, -0.2) is 0 Å². The highest BCUT2D eigenvalue weighted by molar-refractivity contribution is 6.33. The van der Waals surface area contributed by atoms with E-state index >= 15 is 0 Å². The Bertz CT molecular complexity index is 582. The number of halogens is 3. The van der Waals surface area contributed by atoms with Gasteiger partial charge in [0.05, 0.1) is 5.02 Å². The third-order valence-corrected chi connectivity index (χ3v) is 3.06. The zero-order chi connectivity index (χ0) is 13.3. The summed E-state index contributed by atoms with van der Waals surface area (Å²) in [6.45, 7) is 1.83. The molecule has 2 rings (SSSR count). The van der Waals surface area contributed by atoms with Gasteiger partial charge in [0.25, 0.3) is 0 Å². The first-order valence-electron chi connectivity index (χ1n) is 5.50. The number of rotatable bonds is 2. The fourth-order valence-corrected chi connectivity index (χ4v) is 2.12. The molecule has 0 saturated carbocycles. The largest absolute Gasteiger partial charge is 0.324 e. The molecule has 0 aromatic heterocycles. The van der Waals surface area contributed by atoms with Crippen molar-refractivity contribution < 1.29 is 8.78 Å². The van der Waals surface area contributed by atoms with Crippen molar-refractivity contribution in [3.05, 3.63) is 58.6 Å². The maximum atomic E-state index is 13.3. The summed E-state index contributed by atoms with van der Waals surface area (Å²) in [5.41, 5.74) is 7.86. The highest BCUT2D eigenvalue weighted by Crippen LogP contribution is 2.34. The van der Waals surface area contributed by atoms with Crippen LogP contribution in [0.3, 0.4) is 0 Å². The number of benzene rings is 2. The van der Waals surface area contributed by atoms with Gasteiger partial charge in [-0.05, 0) is 30.2 Å². The minimum atomic E-state index is -0.956. The summed E-state index contributed by atoms with van der Waals surface area (Å²) < 4.78 is 26.4. The van der Waals surface area contributed by atoms with Gasteiger partial charge < -0.3 is 5.73 Å². The van der Waals surface area contributed by atoms with E-state index < -0.39 is 11.6 Å². The number of hydrogen-bond acceptors (Lipinski definition) is 1. The maximum Gasteiger partial charge on any atom is 0.160 e. The molecule has 0 aliphatic carbocycles. The summed E-state index contributed by atoms with van der Waals surface area (Å²) in [6, 6.07) is 9.14. The second-order valence-corrected chi connectivity index (χ2v) is 4.53. The first kappa shape index (κ1) is 13.0. The molecule has 0 radical (unpaired) electrons. The lowest BCUT2D eigenvalue weighted by molar-refractivity contribution is 0.509. The zero-order valence-electron chi connectivity index (χ0n) is 9.75. The van der Waals surface area contributed by atoms with Gasteiger partial charge >= 0.3 is 0 Å². The fraction of sp³-hybridized carbons (Fsp3) is 0.143. The van der Waals surface area contributed by atoms with Gasteiger partial charge in [0.2, 0.25) is 0 Å². The fourth-order valence-electron chi connectivity index (χ4n) is 1.87. The molecule has 18 heavy (non-hydrogen) atoms.